The molecule has 1 N–H and O–H groups in total. The molecule has 0 unspecified atom stereocenters. The number of hydrogen-bond acceptors (Lipinski definition) is 3. The van der Waals surface area contributed by atoms with Crippen LogP contribution in [0.25, 0.3) is 0 Å². The van der Waals surface area contributed by atoms with E-state index in [2.05, 4.69) is 10.1 Å². The van der Waals surface area contributed by atoms with E-state index in [0.29, 0.717) is 42.2 Å². The highest BCUT2D eigenvalue weighted by molar-refractivity contribution is 6.34. The number of halogens is 3. The van der Waals surface area contributed by atoms with Gasteiger partial charge in [0.25, 0.3) is 5.91 Å². The van der Waals surface area contributed by atoms with Crippen LogP contribution in [0.5, 0.6) is 5.75 Å². The number of alkyl halides is 2. The molecule has 0 atom stereocenters. The van der Waals surface area contributed by atoms with Crippen LogP contribution in [-0.2, 0) is 11.2 Å². The molecule has 0 aromatic heterocycles. The monoisotopic (exact) mass is 408 g/mol. The fourth-order valence-electron chi connectivity index (χ4n) is 3.02. The number of anilines is 1. The molecule has 1 aliphatic rings. The van der Waals surface area contributed by atoms with Gasteiger partial charge in [0.15, 0.2) is 0 Å². The third-order valence-electron chi connectivity index (χ3n) is 4.42. The Kier molecular flexibility index (Phi) is 6.46. The standard InChI is InChI=1S/C20H19ClF2N2O3/c21-16-8-5-14(12-17(16)25-11-1-2-18(25)26)19(27)24-10-9-13-3-6-15(7-4-13)28-20(22)23/h3-8,12,20H,1-2,9-11H2,(H,24,27). The molecule has 5 nitrogen and oxygen atoms in total. The highest BCUT2D eigenvalue weighted by Crippen LogP contribution is 2.30. The minimum absolute atomic E-state index is 0.00118. The van der Waals surface area contributed by atoms with Gasteiger partial charge in [-0.1, -0.05) is 23.7 Å². The zero-order valence-electron chi connectivity index (χ0n) is 15.0. The van der Waals surface area contributed by atoms with Gasteiger partial charge in [0.1, 0.15) is 5.75 Å². The Morgan fingerprint density at radius 3 is 2.61 bits per heavy atom. The molecule has 8 heteroatoms. The maximum atomic E-state index is 12.4. The van der Waals surface area contributed by atoms with Crippen LogP contribution in [0.1, 0.15) is 28.8 Å². The smallest absolute Gasteiger partial charge is 0.387 e. The lowest BCUT2D eigenvalue weighted by Crippen LogP contribution is -2.27. The molecule has 0 saturated carbocycles. The molecule has 3 rings (SSSR count). The molecule has 2 amide bonds. The molecular formula is C20H19ClF2N2O3. The summed E-state index contributed by atoms with van der Waals surface area (Å²) in [4.78, 5) is 25.9. The zero-order valence-corrected chi connectivity index (χ0v) is 15.7. The van der Waals surface area contributed by atoms with Crippen LogP contribution >= 0.6 is 11.6 Å². The Balaban J connectivity index is 1.57. The van der Waals surface area contributed by atoms with Crippen molar-refractivity contribution in [2.24, 2.45) is 0 Å². The molecule has 0 spiro atoms. The molecule has 2 aromatic rings. The highest BCUT2D eigenvalue weighted by Gasteiger charge is 2.24. The van der Waals surface area contributed by atoms with Crippen molar-refractivity contribution in [2.45, 2.75) is 25.9 Å². The van der Waals surface area contributed by atoms with Gasteiger partial charge in [0.05, 0.1) is 10.7 Å². The molecule has 1 fully saturated rings. The Morgan fingerprint density at radius 1 is 1.21 bits per heavy atom. The van der Waals surface area contributed by atoms with Gasteiger partial charge in [-0.2, -0.15) is 8.78 Å². The van der Waals surface area contributed by atoms with Gasteiger partial charge < -0.3 is 15.0 Å². The average Bonchev–Trinajstić information content (AvgIpc) is 3.09. The quantitative estimate of drug-likeness (QED) is 0.752. The van der Waals surface area contributed by atoms with Gasteiger partial charge in [0, 0.05) is 25.1 Å². The summed E-state index contributed by atoms with van der Waals surface area (Å²) in [5.41, 5.74) is 1.84. The number of amides is 2. The van der Waals surface area contributed by atoms with Gasteiger partial charge in [0.2, 0.25) is 5.91 Å². The van der Waals surface area contributed by atoms with Gasteiger partial charge >= 0.3 is 6.61 Å². The van der Waals surface area contributed by atoms with E-state index in [9.17, 15) is 18.4 Å². The molecule has 0 bridgehead atoms. The van der Waals surface area contributed by atoms with E-state index in [1.54, 1.807) is 35.2 Å². The maximum Gasteiger partial charge on any atom is 0.387 e. The largest absolute Gasteiger partial charge is 0.435 e. The first kappa shape index (κ1) is 20.1. The summed E-state index contributed by atoms with van der Waals surface area (Å²) in [5.74, 6) is -0.186. The third-order valence-corrected chi connectivity index (χ3v) is 4.74. The lowest BCUT2D eigenvalue weighted by molar-refractivity contribution is -0.117. The van der Waals surface area contributed by atoms with Crippen molar-refractivity contribution >= 4 is 29.1 Å². The molecule has 1 aliphatic heterocycles. The van der Waals surface area contributed by atoms with E-state index in [1.807, 2.05) is 0 Å². The van der Waals surface area contributed by atoms with E-state index in [4.69, 9.17) is 11.6 Å². The first-order valence-corrected chi connectivity index (χ1v) is 9.23. The Bertz CT molecular complexity index is 859. The molecule has 1 heterocycles. The number of nitrogens with one attached hydrogen (secondary N) is 1. The fourth-order valence-corrected chi connectivity index (χ4v) is 3.24. The van der Waals surface area contributed by atoms with Gasteiger partial charge in [-0.05, 0) is 48.7 Å². The summed E-state index contributed by atoms with van der Waals surface area (Å²) < 4.78 is 28.6. The van der Waals surface area contributed by atoms with E-state index >= 15 is 0 Å². The van der Waals surface area contributed by atoms with Crippen LogP contribution in [0, 0.1) is 0 Å². The van der Waals surface area contributed by atoms with Gasteiger partial charge in [-0.3, -0.25) is 9.59 Å². The van der Waals surface area contributed by atoms with Crippen LogP contribution < -0.4 is 15.0 Å². The topological polar surface area (TPSA) is 58.6 Å². The van der Waals surface area contributed by atoms with E-state index < -0.39 is 6.61 Å². The summed E-state index contributed by atoms with van der Waals surface area (Å²) in [7, 11) is 0. The molecule has 2 aromatic carbocycles. The van der Waals surface area contributed by atoms with Crippen LogP contribution in [0.2, 0.25) is 5.02 Å². The molecule has 1 saturated heterocycles. The first-order chi connectivity index (χ1) is 13.4. The van der Waals surface area contributed by atoms with E-state index in [-0.39, 0.29) is 17.6 Å². The normalized spacial score (nSPS) is 13.9. The summed E-state index contributed by atoms with van der Waals surface area (Å²) in [6.07, 6.45) is 1.78. The van der Waals surface area contributed by atoms with E-state index in [1.165, 1.54) is 12.1 Å². The Morgan fingerprint density at radius 2 is 1.96 bits per heavy atom. The van der Waals surface area contributed by atoms with Crippen molar-refractivity contribution in [2.75, 3.05) is 18.0 Å². The molecule has 148 valence electrons. The van der Waals surface area contributed by atoms with Gasteiger partial charge in [-0.15, -0.1) is 0 Å². The SMILES string of the molecule is O=C(NCCc1ccc(OC(F)F)cc1)c1ccc(Cl)c(N2CCCC2=O)c1. The van der Waals surface area contributed by atoms with Crippen LogP contribution in [-0.4, -0.2) is 31.5 Å². The number of rotatable bonds is 7. The lowest BCUT2D eigenvalue weighted by Gasteiger charge is -2.18. The second-order valence-electron chi connectivity index (χ2n) is 6.34. The summed E-state index contributed by atoms with van der Waals surface area (Å²) >= 11 is 6.19. The minimum Gasteiger partial charge on any atom is -0.435 e. The number of benzene rings is 2. The van der Waals surface area contributed by atoms with Crippen LogP contribution in [0.3, 0.4) is 0 Å². The summed E-state index contributed by atoms with van der Waals surface area (Å²) in [6.45, 7) is -1.89. The third kappa shape index (κ3) is 4.98. The zero-order chi connectivity index (χ0) is 20.1. The Hall–Kier alpha value is -2.67. The minimum atomic E-state index is -2.86. The number of carbonyl (C=O) groups is 2. The maximum absolute atomic E-state index is 12.4. The second-order valence-corrected chi connectivity index (χ2v) is 6.75. The predicted molar refractivity (Wildman–Crippen MR) is 102 cm³/mol. The molecular weight excluding hydrogens is 390 g/mol. The van der Waals surface area contributed by atoms with Crippen molar-refractivity contribution in [1.82, 2.24) is 5.32 Å². The molecule has 0 aliphatic carbocycles. The van der Waals surface area contributed by atoms with Crippen LogP contribution in [0.15, 0.2) is 42.5 Å². The summed E-state index contributed by atoms with van der Waals surface area (Å²) in [6, 6.07) is 11.1. The number of ether oxygens (including phenoxy) is 1. The van der Waals surface area contributed by atoms with Crippen molar-refractivity contribution in [3.8, 4) is 5.75 Å². The lowest BCUT2D eigenvalue weighted by atomic mass is 10.1. The number of carbonyl (C=O) groups excluding carboxylic acids is 2. The highest BCUT2D eigenvalue weighted by atomic mass is 35.5. The van der Waals surface area contributed by atoms with Crippen molar-refractivity contribution in [3.63, 3.8) is 0 Å². The Labute approximate surface area is 166 Å². The molecule has 28 heavy (non-hydrogen) atoms. The van der Waals surface area contributed by atoms with Gasteiger partial charge in [-0.25, -0.2) is 0 Å². The fraction of sp³-hybridized carbons (Fsp3) is 0.300. The van der Waals surface area contributed by atoms with E-state index in [0.717, 1.165) is 12.0 Å². The molecule has 0 radical (unpaired) electrons. The second kappa shape index (κ2) is 9.01. The number of nitrogens with zero attached hydrogens (tertiary/aromatic N) is 1. The predicted octanol–water partition coefficient (Wildman–Crippen LogP) is 4.04. The van der Waals surface area contributed by atoms with Crippen LogP contribution in [0.4, 0.5) is 14.5 Å². The average molecular weight is 409 g/mol. The van der Waals surface area contributed by atoms with Crippen molar-refractivity contribution in [3.05, 3.63) is 58.6 Å². The van der Waals surface area contributed by atoms with Crippen molar-refractivity contribution < 1.29 is 23.1 Å². The first-order valence-electron chi connectivity index (χ1n) is 8.86. The number of hydrogen-bond donors (Lipinski definition) is 1. The summed E-state index contributed by atoms with van der Waals surface area (Å²) in [5, 5.41) is 3.23. The van der Waals surface area contributed by atoms with Crippen molar-refractivity contribution in [1.29, 1.82) is 0 Å².